The molecule has 106 valence electrons. The highest BCUT2D eigenvalue weighted by Gasteiger charge is 2.15. The zero-order valence-corrected chi connectivity index (χ0v) is 12.5. The van der Waals surface area contributed by atoms with Gasteiger partial charge in [-0.15, -0.1) is 11.3 Å². The number of hydrogen-bond donors (Lipinski definition) is 1. The van der Waals surface area contributed by atoms with Crippen LogP contribution >= 0.6 is 11.3 Å². The largest absolute Gasteiger partial charge is 0.314 e. The Morgan fingerprint density at radius 3 is 3.05 bits per heavy atom. The molecule has 0 amide bonds. The quantitative estimate of drug-likeness (QED) is 0.902. The third kappa shape index (κ3) is 3.28. The van der Waals surface area contributed by atoms with Crippen molar-refractivity contribution >= 4 is 27.2 Å². The SMILES string of the molecule is O=C(CCC1CCCCN1)Cc1csc2ccccc12. The number of thiophene rings is 1. The second kappa shape index (κ2) is 6.51. The first-order valence-electron chi connectivity index (χ1n) is 7.53. The van der Waals surface area contributed by atoms with Crippen LogP contribution in [0.15, 0.2) is 29.6 Å². The predicted octanol–water partition coefficient (Wildman–Crippen LogP) is 3.94. The van der Waals surface area contributed by atoms with Gasteiger partial charge >= 0.3 is 0 Å². The van der Waals surface area contributed by atoms with Gasteiger partial charge < -0.3 is 5.32 Å². The maximum atomic E-state index is 12.2. The van der Waals surface area contributed by atoms with Gasteiger partial charge in [-0.05, 0) is 48.2 Å². The minimum atomic E-state index is 0.376. The minimum absolute atomic E-state index is 0.376. The molecule has 1 atom stereocenters. The van der Waals surface area contributed by atoms with Crippen LogP contribution in [0.1, 0.15) is 37.7 Å². The topological polar surface area (TPSA) is 29.1 Å². The molecule has 1 N–H and O–H groups in total. The van der Waals surface area contributed by atoms with Crippen LogP contribution in [-0.4, -0.2) is 18.4 Å². The summed E-state index contributed by atoms with van der Waals surface area (Å²) in [6.07, 6.45) is 6.13. The van der Waals surface area contributed by atoms with Gasteiger partial charge in [0, 0.05) is 23.6 Å². The number of rotatable bonds is 5. The summed E-state index contributed by atoms with van der Waals surface area (Å²) in [6, 6.07) is 8.91. The zero-order chi connectivity index (χ0) is 13.8. The number of carbonyl (C=O) groups is 1. The molecule has 1 aliphatic heterocycles. The molecule has 3 rings (SSSR count). The number of fused-ring (bicyclic) bond motifs is 1. The number of Topliss-reactive ketones (excluding diaryl/α,β-unsaturated/α-hetero) is 1. The summed E-state index contributed by atoms with van der Waals surface area (Å²) in [4.78, 5) is 12.2. The highest BCUT2D eigenvalue weighted by atomic mass is 32.1. The molecule has 1 aliphatic rings. The summed E-state index contributed by atoms with van der Waals surface area (Å²) in [5, 5.41) is 6.90. The highest BCUT2D eigenvalue weighted by molar-refractivity contribution is 7.17. The first kappa shape index (κ1) is 13.8. The van der Waals surface area contributed by atoms with Crippen molar-refractivity contribution < 1.29 is 4.79 Å². The Bertz CT molecular complexity index is 583. The second-order valence-corrected chi connectivity index (χ2v) is 6.57. The van der Waals surface area contributed by atoms with Crippen molar-refractivity contribution in [2.75, 3.05) is 6.54 Å². The van der Waals surface area contributed by atoms with E-state index in [9.17, 15) is 4.79 Å². The molecule has 2 nitrogen and oxygen atoms in total. The molecule has 1 fully saturated rings. The van der Waals surface area contributed by atoms with Crippen molar-refractivity contribution in [3.63, 3.8) is 0 Å². The van der Waals surface area contributed by atoms with Crippen LogP contribution in [0.2, 0.25) is 0 Å². The van der Waals surface area contributed by atoms with Crippen molar-refractivity contribution in [1.29, 1.82) is 0 Å². The van der Waals surface area contributed by atoms with E-state index in [-0.39, 0.29) is 0 Å². The van der Waals surface area contributed by atoms with Crippen LogP contribution in [0.4, 0.5) is 0 Å². The van der Waals surface area contributed by atoms with Crippen LogP contribution in [0.25, 0.3) is 10.1 Å². The summed E-state index contributed by atoms with van der Waals surface area (Å²) < 4.78 is 1.28. The zero-order valence-electron chi connectivity index (χ0n) is 11.7. The van der Waals surface area contributed by atoms with Gasteiger partial charge in [0.25, 0.3) is 0 Å². The van der Waals surface area contributed by atoms with E-state index in [4.69, 9.17) is 0 Å². The van der Waals surface area contributed by atoms with Gasteiger partial charge in [-0.3, -0.25) is 4.79 Å². The Balaban J connectivity index is 1.55. The van der Waals surface area contributed by atoms with Gasteiger partial charge in [-0.2, -0.15) is 0 Å². The Morgan fingerprint density at radius 1 is 1.30 bits per heavy atom. The number of ketones is 1. The fourth-order valence-electron chi connectivity index (χ4n) is 2.98. The molecule has 1 saturated heterocycles. The average Bonchev–Trinajstić information content (AvgIpc) is 2.90. The molecule has 0 radical (unpaired) electrons. The number of hydrogen-bond acceptors (Lipinski definition) is 3. The van der Waals surface area contributed by atoms with E-state index in [0.29, 0.717) is 24.7 Å². The summed E-state index contributed by atoms with van der Waals surface area (Å²) in [6.45, 7) is 1.12. The smallest absolute Gasteiger partial charge is 0.137 e. The van der Waals surface area contributed by atoms with Gasteiger partial charge in [0.05, 0.1) is 0 Å². The molecule has 0 spiro atoms. The maximum Gasteiger partial charge on any atom is 0.137 e. The Morgan fingerprint density at radius 2 is 2.20 bits per heavy atom. The first-order valence-corrected chi connectivity index (χ1v) is 8.41. The van der Waals surface area contributed by atoms with Crippen molar-refractivity contribution in [3.05, 3.63) is 35.2 Å². The Hall–Kier alpha value is -1.19. The van der Waals surface area contributed by atoms with Crippen molar-refractivity contribution in [3.8, 4) is 0 Å². The minimum Gasteiger partial charge on any atom is -0.314 e. The van der Waals surface area contributed by atoms with Crippen LogP contribution in [0.3, 0.4) is 0 Å². The third-order valence-electron chi connectivity index (χ3n) is 4.13. The van der Waals surface area contributed by atoms with E-state index in [1.165, 1.54) is 34.9 Å². The number of nitrogens with one attached hydrogen (secondary N) is 1. The molecule has 1 aromatic heterocycles. The van der Waals surface area contributed by atoms with Crippen LogP contribution in [0, 0.1) is 0 Å². The highest BCUT2D eigenvalue weighted by Crippen LogP contribution is 2.26. The van der Waals surface area contributed by atoms with Crippen LogP contribution in [-0.2, 0) is 11.2 Å². The molecule has 0 saturated carbocycles. The van der Waals surface area contributed by atoms with Gasteiger partial charge in [0.15, 0.2) is 0 Å². The molecular weight excluding hydrogens is 266 g/mol. The molecular formula is C17H21NOS. The average molecular weight is 287 g/mol. The summed E-state index contributed by atoms with van der Waals surface area (Å²) in [5.74, 6) is 0.376. The first-order chi connectivity index (χ1) is 9.83. The van der Waals surface area contributed by atoms with Crippen LogP contribution in [0.5, 0.6) is 0 Å². The van der Waals surface area contributed by atoms with E-state index < -0.39 is 0 Å². The predicted molar refractivity (Wildman–Crippen MR) is 85.4 cm³/mol. The summed E-state index contributed by atoms with van der Waals surface area (Å²) >= 11 is 1.74. The van der Waals surface area contributed by atoms with Gasteiger partial charge in [-0.1, -0.05) is 24.6 Å². The van der Waals surface area contributed by atoms with E-state index in [1.807, 2.05) is 0 Å². The van der Waals surface area contributed by atoms with E-state index in [1.54, 1.807) is 11.3 Å². The van der Waals surface area contributed by atoms with Crippen LogP contribution < -0.4 is 5.32 Å². The fraction of sp³-hybridized carbons (Fsp3) is 0.471. The summed E-state index contributed by atoms with van der Waals surface area (Å²) in [5.41, 5.74) is 1.20. The second-order valence-electron chi connectivity index (χ2n) is 5.66. The molecule has 2 heterocycles. The molecule has 1 unspecified atom stereocenters. The number of carbonyl (C=O) groups excluding carboxylic acids is 1. The number of benzene rings is 1. The van der Waals surface area contributed by atoms with Gasteiger partial charge in [0.1, 0.15) is 5.78 Å². The van der Waals surface area contributed by atoms with Crippen molar-refractivity contribution in [2.45, 2.75) is 44.6 Å². The molecule has 1 aromatic carbocycles. The lowest BCUT2D eigenvalue weighted by Gasteiger charge is -2.22. The fourth-order valence-corrected chi connectivity index (χ4v) is 3.94. The Labute approximate surface area is 124 Å². The monoisotopic (exact) mass is 287 g/mol. The lowest BCUT2D eigenvalue weighted by Crippen LogP contribution is -2.34. The van der Waals surface area contributed by atoms with Crippen molar-refractivity contribution in [1.82, 2.24) is 5.32 Å². The molecule has 0 bridgehead atoms. The number of piperidine rings is 1. The van der Waals surface area contributed by atoms with E-state index >= 15 is 0 Å². The molecule has 0 aliphatic carbocycles. The lowest BCUT2D eigenvalue weighted by atomic mass is 9.97. The van der Waals surface area contributed by atoms with Gasteiger partial charge in [-0.25, -0.2) is 0 Å². The third-order valence-corrected chi connectivity index (χ3v) is 5.15. The molecule has 20 heavy (non-hydrogen) atoms. The van der Waals surface area contributed by atoms with E-state index in [2.05, 4.69) is 35.0 Å². The lowest BCUT2D eigenvalue weighted by molar-refractivity contribution is -0.118. The Kier molecular flexibility index (Phi) is 4.48. The molecule has 2 aromatic rings. The van der Waals surface area contributed by atoms with Crippen molar-refractivity contribution in [2.24, 2.45) is 0 Å². The molecule has 3 heteroatoms. The normalized spacial score (nSPS) is 19.3. The van der Waals surface area contributed by atoms with E-state index in [0.717, 1.165) is 13.0 Å². The standard InChI is InChI=1S/C17H21NOS/c19-15(9-8-14-5-3-4-10-18-14)11-13-12-20-17-7-2-1-6-16(13)17/h1-2,6-7,12,14,18H,3-5,8-11H2. The maximum absolute atomic E-state index is 12.2. The summed E-state index contributed by atoms with van der Waals surface area (Å²) in [7, 11) is 0. The van der Waals surface area contributed by atoms with Gasteiger partial charge in [0.2, 0.25) is 0 Å².